The maximum Gasteiger partial charge on any atom is 0.324 e. The summed E-state index contributed by atoms with van der Waals surface area (Å²) in [7, 11) is 0. The molecule has 9 heteroatoms. The molecule has 0 aliphatic heterocycles. The van der Waals surface area contributed by atoms with E-state index >= 15 is 0 Å². The average Bonchev–Trinajstić information content (AvgIpc) is 2.66. The Kier molecular flexibility index (Phi) is 4.09. The molecule has 4 N–H and O–H groups in total. The van der Waals surface area contributed by atoms with Gasteiger partial charge in [-0.05, 0) is 18.3 Å². The van der Waals surface area contributed by atoms with Crippen molar-refractivity contribution in [3.63, 3.8) is 0 Å². The summed E-state index contributed by atoms with van der Waals surface area (Å²) in [6, 6.07) is 3.00. The van der Waals surface area contributed by atoms with Crippen LogP contribution in [-0.2, 0) is 0 Å². The third kappa shape index (κ3) is 3.58. The molecule has 0 bridgehead atoms. The van der Waals surface area contributed by atoms with Crippen LogP contribution in [0.1, 0.15) is 4.88 Å². The van der Waals surface area contributed by atoms with E-state index in [1.807, 2.05) is 0 Å². The normalized spacial score (nSPS) is 10.2. The van der Waals surface area contributed by atoms with Crippen LogP contribution in [0.3, 0.4) is 0 Å². The third-order valence-corrected chi connectivity index (χ3v) is 2.46. The highest BCUT2D eigenvalue weighted by Gasteiger charge is 2.07. The van der Waals surface area contributed by atoms with Crippen LogP contribution in [0, 0.1) is 10.1 Å². The molecular formula is C6H7N5O2S2. The number of rotatable bonds is 3. The van der Waals surface area contributed by atoms with Gasteiger partial charge in [-0.25, -0.2) is 5.84 Å². The van der Waals surface area contributed by atoms with Crippen LogP contribution in [0.2, 0.25) is 0 Å². The zero-order valence-electron chi connectivity index (χ0n) is 7.34. The molecule has 0 radical (unpaired) electrons. The standard InChI is InChI=1S/C6H7N5O2S2/c7-9-6(14)10-8-3-4-1-2-5(15-4)11(12)13/h1-3H,7H2,(H2,9,10,14)/b8-3-. The predicted octanol–water partition coefficient (Wildman–Crippen LogP) is 0.328. The molecule has 0 saturated carbocycles. The molecule has 1 rings (SSSR count). The van der Waals surface area contributed by atoms with Crippen molar-refractivity contribution in [1.29, 1.82) is 0 Å². The van der Waals surface area contributed by atoms with Gasteiger partial charge in [0.05, 0.1) is 16.0 Å². The number of nitrogens with one attached hydrogen (secondary N) is 2. The van der Waals surface area contributed by atoms with Crippen LogP contribution in [0.25, 0.3) is 0 Å². The van der Waals surface area contributed by atoms with Gasteiger partial charge in [-0.1, -0.05) is 11.3 Å². The van der Waals surface area contributed by atoms with Crippen molar-refractivity contribution in [2.45, 2.75) is 0 Å². The number of hydrogen-bond acceptors (Lipinski definition) is 6. The van der Waals surface area contributed by atoms with Crippen LogP contribution in [0.15, 0.2) is 17.2 Å². The number of nitro groups is 1. The van der Waals surface area contributed by atoms with Gasteiger partial charge in [-0.15, -0.1) is 0 Å². The summed E-state index contributed by atoms with van der Waals surface area (Å²) in [5.41, 5.74) is 4.60. The van der Waals surface area contributed by atoms with Crippen LogP contribution < -0.4 is 16.7 Å². The van der Waals surface area contributed by atoms with E-state index in [9.17, 15) is 10.1 Å². The summed E-state index contributed by atoms with van der Waals surface area (Å²) >= 11 is 5.67. The first-order valence-electron chi connectivity index (χ1n) is 3.67. The van der Waals surface area contributed by atoms with Crippen molar-refractivity contribution in [3.05, 3.63) is 27.1 Å². The predicted molar refractivity (Wildman–Crippen MR) is 61.6 cm³/mol. The van der Waals surface area contributed by atoms with Crippen LogP contribution in [0.5, 0.6) is 0 Å². The molecule has 0 fully saturated rings. The monoisotopic (exact) mass is 245 g/mol. The third-order valence-electron chi connectivity index (χ3n) is 1.28. The largest absolute Gasteiger partial charge is 0.324 e. The Hall–Kier alpha value is -1.58. The molecule has 0 aliphatic carbocycles. The average molecular weight is 245 g/mol. The molecule has 1 aromatic rings. The lowest BCUT2D eigenvalue weighted by Crippen LogP contribution is -2.37. The fourth-order valence-corrected chi connectivity index (χ4v) is 1.44. The number of thiocarbonyl (C=S) groups is 1. The number of nitrogens with zero attached hydrogens (tertiary/aromatic N) is 2. The molecule has 0 spiro atoms. The second-order valence-corrected chi connectivity index (χ2v) is 3.78. The van der Waals surface area contributed by atoms with Crippen molar-refractivity contribution in [1.82, 2.24) is 10.9 Å². The number of hydrazine groups is 1. The van der Waals surface area contributed by atoms with E-state index in [-0.39, 0.29) is 10.1 Å². The first-order valence-corrected chi connectivity index (χ1v) is 4.90. The van der Waals surface area contributed by atoms with Gasteiger partial charge in [0.2, 0.25) is 5.11 Å². The quantitative estimate of drug-likeness (QED) is 0.233. The molecule has 80 valence electrons. The van der Waals surface area contributed by atoms with Crippen LogP contribution in [0.4, 0.5) is 5.00 Å². The fraction of sp³-hybridized carbons (Fsp3) is 0. The minimum absolute atomic E-state index is 0.0657. The van der Waals surface area contributed by atoms with Crippen molar-refractivity contribution in [3.8, 4) is 0 Å². The molecule has 0 amide bonds. The van der Waals surface area contributed by atoms with E-state index in [1.54, 1.807) is 6.07 Å². The summed E-state index contributed by atoms with van der Waals surface area (Å²) in [5.74, 6) is 4.98. The summed E-state index contributed by atoms with van der Waals surface area (Å²) in [4.78, 5) is 10.5. The first kappa shape index (κ1) is 11.5. The highest BCUT2D eigenvalue weighted by molar-refractivity contribution is 7.80. The molecule has 7 nitrogen and oxygen atoms in total. The van der Waals surface area contributed by atoms with E-state index in [0.29, 0.717) is 4.88 Å². The summed E-state index contributed by atoms with van der Waals surface area (Å²) in [6.07, 6.45) is 1.42. The first-order chi connectivity index (χ1) is 7.13. The van der Waals surface area contributed by atoms with Crippen molar-refractivity contribution < 1.29 is 4.92 Å². The lowest BCUT2D eigenvalue weighted by Gasteiger charge is -1.97. The highest BCUT2D eigenvalue weighted by atomic mass is 32.1. The van der Waals surface area contributed by atoms with E-state index in [0.717, 1.165) is 11.3 Å². The second-order valence-electron chi connectivity index (χ2n) is 2.28. The van der Waals surface area contributed by atoms with Crippen LogP contribution in [-0.4, -0.2) is 16.3 Å². The Morgan fingerprint density at radius 3 is 3.00 bits per heavy atom. The maximum absolute atomic E-state index is 10.4. The maximum atomic E-state index is 10.4. The van der Waals surface area contributed by atoms with Gasteiger partial charge in [0, 0.05) is 6.07 Å². The Bertz CT molecular complexity index is 402. The number of hydrogen-bond donors (Lipinski definition) is 3. The fourth-order valence-electron chi connectivity index (χ4n) is 0.697. The molecule has 0 unspecified atom stereocenters. The van der Waals surface area contributed by atoms with Gasteiger partial charge < -0.3 is 0 Å². The van der Waals surface area contributed by atoms with E-state index in [4.69, 9.17) is 5.84 Å². The molecule has 1 aromatic heterocycles. The topological polar surface area (TPSA) is 106 Å². The summed E-state index contributed by atoms with van der Waals surface area (Å²) in [6.45, 7) is 0. The van der Waals surface area contributed by atoms with Crippen molar-refractivity contribution in [2.75, 3.05) is 0 Å². The van der Waals surface area contributed by atoms with E-state index in [1.165, 1.54) is 12.3 Å². The van der Waals surface area contributed by atoms with E-state index in [2.05, 4.69) is 28.2 Å². The minimum Gasteiger partial charge on any atom is -0.300 e. The lowest BCUT2D eigenvalue weighted by molar-refractivity contribution is -0.380. The molecule has 0 atom stereocenters. The molecule has 0 aromatic carbocycles. The molecule has 15 heavy (non-hydrogen) atoms. The minimum atomic E-state index is -0.457. The Balaban J connectivity index is 2.57. The van der Waals surface area contributed by atoms with Crippen LogP contribution >= 0.6 is 23.6 Å². The molecule has 1 heterocycles. The number of hydrazone groups is 1. The van der Waals surface area contributed by atoms with Gasteiger partial charge in [-0.3, -0.25) is 21.0 Å². The highest BCUT2D eigenvalue weighted by Crippen LogP contribution is 2.22. The second kappa shape index (κ2) is 5.34. The van der Waals surface area contributed by atoms with Gasteiger partial charge in [-0.2, -0.15) is 5.10 Å². The van der Waals surface area contributed by atoms with E-state index < -0.39 is 4.92 Å². The Labute approximate surface area is 94.1 Å². The van der Waals surface area contributed by atoms with Gasteiger partial charge in [0.15, 0.2) is 0 Å². The van der Waals surface area contributed by atoms with Crippen molar-refractivity contribution >= 4 is 39.9 Å². The summed E-state index contributed by atoms with van der Waals surface area (Å²) in [5, 5.41) is 14.3. The number of nitrogens with two attached hydrogens (primary N) is 1. The molecule has 0 aliphatic rings. The SMILES string of the molecule is NNC(=S)N/N=C\c1ccc([N+](=O)[O-])s1. The lowest BCUT2D eigenvalue weighted by atomic mass is 10.5. The van der Waals surface area contributed by atoms with Gasteiger partial charge in [0.25, 0.3) is 0 Å². The Morgan fingerprint density at radius 1 is 1.73 bits per heavy atom. The number of thiophene rings is 1. The van der Waals surface area contributed by atoms with Gasteiger partial charge >= 0.3 is 5.00 Å². The molecular weight excluding hydrogens is 238 g/mol. The summed E-state index contributed by atoms with van der Waals surface area (Å²) < 4.78 is 0. The zero-order valence-corrected chi connectivity index (χ0v) is 8.97. The zero-order chi connectivity index (χ0) is 11.3. The van der Waals surface area contributed by atoms with Gasteiger partial charge in [0.1, 0.15) is 0 Å². The smallest absolute Gasteiger partial charge is 0.300 e. The molecule has 0 saturated heterocycles. The Morgan fingerprint density at radius 2 is 2.47 bits per heavy atom. The van der Waals surface area contributed by atoms with Crippen molar-refractivity contribution in [2.24, 2.45) is 10.9 Å².